The molecule has 19 heavy (non-hydrogen) atoms. The highest BCUT2D eigenvalue weighted by Gasteiger charge is 2.31. The van der Waals surface area contributed by atoms with Gasteiger partial charge in [-0.05, 0) is 28.5 Å². The number of amides is 1. The number of halogens is 3. The van der Waals surface area contributed by atoms with E-state index < -0.39 is 17.6 Å². The monoisotopic (exact) mass is 272 g/mol. The van der Waals surface area contributed by atoms with Gasteiger partial charge < -0.3 is 5.73 Å². The van der Waals surface area contributed by atoms with Crippen molar-refractivity contribution in [2.24, 2.45) is 5.73 Å². The number of hydrogen-bond donors (Lipinski definition) is 2. The van der Waals surface area contributed by atoms with Gasteiger partial charge in [0.15, 0.2) is 0 Å². The molecule has 2 rings (SSSR count). The Bertz CT molecular complexity index is 607. The molecule has 1 aromatic carbocycles. The van der Waals surface area contributed by atoms with E-state index in [-0.39, 0.29) is 17.9 Å². The molecular formula is C10H9F3N5O+. The van der Waals surface area contributed by atoms with Crippen LogP contribution < -0.4 is 10.5 Å². The zero-order valence-electron chi connectivity index (χ0n) is 9.48. The number of carbonyl (C=O) groups is 1. The lowest BCUT2D eigenvalue weighted by Crippen LogP contribution is -2.45. The van der Waals surface area contributed by atoms with Gasteiger partial charge >= 0.3 is 12.0 Å². The third-order valence-electron chi connectivity index (χ3n) is 2.24. The Labute approximate surface area is 105 Å². The lowest BCUT2D eigenvalue weighted by atomic mass is 10.1. The molecule has 0 bridgehead atoms. The fourth-order valence-corrected chi connectivity index (χ4v) is 1.44. The predicted octanol–water partition coefficient (Wildman–Crippen LogP) is 0.263. The van der Waals surface area contributed by atoms with E-state index in [1.165, 1.54) is 12.1 Å². The summed E-state index contributed by atoms with van der Waals surface area (Å²) in [6.07, 6.45) is -4.44. The van der Waals surface area contributed by atoms with Crippen LogP contribution in [0.3, 0.4) is 0 Å². The summed E-state index contributed by atoms with van der Waals surface area (Å²) >= 11 is 0. The van der Waals surface area contributed by atoms with E-state index in [9.17, 15) is 18.0 Å². The fraction of sp³-hybridized carbons (Fsp3) is 0.200. The van der Waals surface area contributed by atoms with E-state index in [0.717, 1.165) is 16.9 Å². The molecule has 3 N–H and O–H groups in total. The molecule has 0 aliphatic rings. The first-order valence-corrected chi connectivity index (χ1v) is 5.15. The largest absolute Gasteiger partial charge is 0.416 e. The summed E-state index contributed by atoms with van der Waals surface area (Å²) in [6, 6.07) is 4.57. The normalized spacial score (nSPS) is 11.5. The minimum Gasteiger partial charge on any atom is -0.366 e. The van der Waals surface area contributed by atoms with Gasteiger partial charge in [-0.15, -0.1) is 0 Å². The number of hydrogen-bond acceptors (Lipinski definition) is 3. The van der Waals surface area contributed by atoms with Crippen molar-refractivity contribution in [3.05, 3.63) is 29.8 Å². The van der Waals surface area contributed by atoms with Crippen LogP contribution in [0.5, 0.6) is 0 Å². The number of carbonyl (C=O) groups excluding carboxylic acids is 1. The Hall–Kier alpha value is -2.45. The van der Waals surface area contributed by atoms with Crippen molar-refractivity contribution in [1.82, 2.24) is 15.4 Å². The maximum absolute atomic E-state index is 12.5. The maximum atomic E-state index is 12.5. The Kier molecular flexibility index (Phi) is 3.19. The highest BCUT2D eigenvalue weighted by atomic mass is 19.4. The number of aromatic amines is 1. The van der Waals surface area contributed by atoms with Crippen LogP contribution in [0.1, 0.15) is 5.56 Å². The molecular weight excluding hydrogens is 263 g/mol. The number of tetrazole rings is 1. The summed E-state index contributed by atoms with van der Waals surface area (Å²) in [5.41, 5.74) is 4.35. The highest BCUT2D eigenvalue weighted by Crippen LogP contribution is 2.31. The van der Waals surface area contributed by atoms with Gasteiger partial charge in [0.2, 0.25) is 6.54 Å². The average Bonchev–Trinajstić information content (AvgIpc) is 2.76. The number of nitrogens with zero attached hydrogens (tertiary/aromatic N) is 3. The van der Waals surface area contributed by atoms with Gasteiger partial charge in [0.1, 0.15) is 0 Å². The predicted molar refractivity (Wildman–Crippen MR) is 56.2 cm³/mol. The minimum atomic E-state index is -4.44. The van der Waals surface area contributed by atoms with Gasteiger partial charge in [0, 0.05) is 0 Å². The van der Waals surface area contributed by atoms with Crippen LogP contribution in [0.15, 0.2) is 24.3 Å². The fourth-order valence-electron chi connectivity index (χ4n) is 1.44. The lowest BCUT2D eigenvalue weighted by Gasteiger charge is -2.05. The molecule has 0 atom stereocenters. The number of nitrogens with two attached hydrogens (primary N) is 1. The molecule has 0 saturated carbocycles. The van der Waals surface area contributed by atoms with Gasteiger partial charge in [-0.1, -0.05) is 10.9 Å². The molecule has 0 unspecified atom stereocenters. The SMILES string of the molecule is NC(=O)C[n+]1nc(-c2cccc(C(F)(F)F)c2)n[nH]1. The molecule has 1 aromatic heterocycles. The van der Waals surface area contributed by atoms with Crippen LogP contribution in [0.4, 0.5) is 13.2 Å². The summed E-state index contributed by atoms with van der Waals surface area (Å²) in [4.78, 5) is 11.7. The van der Waals surface area contributed by atoms with Crippen molar-refractivity contribution in [3.63, 3.8) is 0 Å². The van der Waals surface area contributed by atoms with Crippen molar-refractivity contribution < 1.29 is 22.8 Å². The third kappa shape index (κ3) is 3.06. The molecule has 1 heterocycles. The first-order chi connectivity index (χ1) is 8.86. The molecule has 9 heteroatoms. The van der Waals surface area contributed by atoms with E-state index in [4.69, 9.17) is 5.73 Å². The molecule has 0 spiro atoms. The summed E-state index contributed by atoms with van der Waals surface area (Å²) < 4.78 is 37.6. The number of rotatable bonds is 3. The van der Waals surface area contributed by atoms with Crippen LogP contribution in [0.2, 0.25) is 0 Å². The molecule has 2 aromatic rings. The zero-order chi connectivity index (χ0) is 14.0. The highest BCUT2D eigenvalue weighted by molar-refractivity contribution is 5.71. The Morgan fingerprint density at radius 1 is 1.42 bits per heavy atom. The minimum absolute atomic E-state index is 0.0485. The van der Waals surface area contributed by atoms with Gasteiger partial charge in [0.25, 0.3) is 5.91 Å². The summed E-state index contributed by atoms with van der Waals surface area (Å²) in [5, 5.41) is 9.91. The lowest BCUT2D eigenvalue weighted by molar-refractivity contribution is -0.794. The van der Waals surface area contributed by atoms with Crippen LogP contribution in [-0.2, 0) is 17.5 Å². The molecule has 1 amide bonds. The molecule has 0 radical (unpaired) electrons. The van der Waals surface area contributed by atoms with Crippen molar-refractivity contribution in [2.45, 2.75) is 12.7 Å². The van der Waals surface area contributed by atoms with Gasteiger partial charge in [0.05, 0.1) is 16.2 Å². The summed E-state index contributed by atoms with van der Waals surface area (Å²) in [7, 11) is 0. The summed E-state index contributed by atoms with van der Waals surface area (Å²) in [6.45, 7) is -0.230. The summed E-state index contributed by atoms with van der Waals surface area (Å²) in [5.74, 6) is -0.593. The van der Waals surface area contributed by atoms with Gasteiger partial charge in [-0.25, -0.2) is 0 Å². The van der Waals surface area contributed by atoms with Gasteiger partial charge in [-0.3, -0.25) is 4.79 Å². The smallest absolute Gasteiger partial charge is 0.366 e. The number of benzene rings is 1. The second-order valence-corrected chi connectivity index (χ2v) is 3.74. The Balaban J connectivity index is 2.32. The molecule has 6 nitrogen and oxygen atoms in total. The molecule has 0 aliphatic carbocycles. The topological polar surface area (TPSA) is 88.5 Å². The van der Waals surface area contributed by atoms with Crippen molar-refractivity contribution in [1.29, 1.82) is 0 Å². The third-order valence-corrected chi connectivity index (χ3v) is 2.24. The first-order valence-electron chi connectivity index (χ1n) is 5.15. The number of H-pyrrole nitrogens is 1. The molecule has 0 aliphatic heterocycles. The van der Waals surface area contributed by atoms with Crippen molar-refractivity contribution >= 4 is 5.91 Å². The zero-order valence-corrected chi connectivity index (χ0v) is 9.48. The average molecular weight is 272 g/mol. The second-order valence-electron chi connectivity index (χ2n) is 3.74. The standard InChI is InChI=1S/C10H8F3N5O/c11-10(12,13)7-3-1-2-6(4-7)9-15-17-18(16-9)5-8(14)19/h1-4H,5H2,(H2,14,19)/p+1. The van der Waals surface area contributed by atoms with Crippen LogP contribution >= 0.6 is 0 Å². The second kappa shape index (κ2) is 4.67. The van der Waals surface area contributed by atoms with Crippen LogP contribution in [0.25, 0.3) is 11.4 Å². The molecule has 100 valence electrons. The number of nitrogens with one attached hydrogen (secondary N) is 1. The Morgan fingerprint density at radius 2 is 2.16 bits per heavy atom. The van der Waals surface area contributed by atoms with E-state index in [1.807, 2.05) is 0 Å². The van der Waals surface area contributed by atoms with E-state index >= 15 is 0 Å². The molecule has 0 fully saturated rings. The quantitative estimate of drug-likeness (QED) is 0.786. The van der Waals surface area contributed by atoms with E-state index in [1.54, 1.807) is 0 Å². The molecule has 0 saturated heterocycles. The van der Waals surface area contributed by atoms with Crippen molar-refractivity contribution in [3.8, 4) is 11.4 Å². The Morgan fingerprint density at radius 3 is 2.79 bits per heavy atom. The van der Waals surface area contributed by atoms with E-state index in [0.29, 0.717) is 0 Å². The first kappa shape index (κ1) is 13.0. The van der Waals surface area contributed by atoms with E-state index in [2.05, 4.69) is 15.4 Å². The van der Waals surface area contributed by atoms with Crippen LogP contribution in [0, 0.1) is 0 Å². The number of aromatic nitrogens is 4. The van der Waals surface area contributed by atoms with Gasteiger partial charge in [-0.2, -0.15) is 13.2 Å². The number of alkyl halides is 3. The maximum Gasteiger partial charge on any atom is 0.416 e. The van der Waals surface area contributed by atoms with Crippen LogP contribution in [-0.4, -0.2) is 21.3 Å². The van der Waals surface area contributed by atoms with Crippen molar-refractivity contribution in [2.75, 3.05) is 0 Å². The number of primary amides is 1.